The third-order valence-electron chi connectivity index (χ3n) is 5.70. The third-order valence-corrected chi connectivity index (χ3v) is 5.70. The molecule has 1 aliphatic heterocycles. The van der Waals surface area contributed by atoms with Crippen LogP contribution < -0.4 is 18.9 Å². The van der Waals surface area contributed by atoms with Gasteiger partial charge in [-0.1, -0.05) is 12.1 Å². The van der Waals surface area contributed by atoms with Crippen LogP contribution in [0.1, 0.15) is 33.2 Å². The Morgan fingerprint density at radius 3 is 2.51 bits per heavy atom. The van der Waals surface area contributed by atoms with Gasteiger partial charge in [0, 0.05) is 12.1 Å². The van der Waals surface area contributed by atoms with Crippen LogP contribution in [-0.4, -0.2) is 52.6 Å². The summed E-state index contributed by atoms with van der Waals surface area (Å²) in [5.41, 5.74) is 2.09. The van der Waals surface area contributed by atoms with Gasteiger partial charge in [0.15, 0.2) is 23.7 Å². The molecule has 35 heavy (non-hydrogen) atoms. The molecular formula is C26H26O9. The van der Waals surface area contributed by atoms with E-state index in [0.29, 0.717) is 17.1 Å². The molecule has 1 heterocycles. The van der Waals surface area contributed by atoms with Gasteiger partial charge in [0.05, 0.1) is 13.7 Å². The first-order chi connectivity index (χ1) is 16.8. The Kier molecular flexibility index (Phi) is 6.99. The van der Waals surface area contributed by atoms with Gasteiger partial charge in [-0.15, -0.1) is 0 Å². The normalized spacial score (nSPS) is 16.9. The molecule has 0 spiro atoms. The van der Waals surface area contributed by atoms with Crippen molar-refractivity contribution in [3.05, 3.63) is 70.8 Å². The van der Waals surface area contributed by atoms with Crippen LogP contribution in [0, 0.1) is 6.92 Å². The Labute approximate surface area is 201 Å². The monoisotopic (exact) mass is 482 g/mol. The van der Waals surface area contributed by atoms with Crippen molar-refractivity contribution in [3.63, 3.8) is 0 Å². The summed E-state index contributed by atoms with van der Waals surface area (Å²) in [7, 11) is 1.59. The molecule has 0 fully saturated rings. The van der Waals surface area contributed by atoms with Crippen molar-refractivity contribution in [2.45, 2.75) is 25.7 Å². The number of aryl methyl sites for hydroxylation is 1. The lowest BCUT2D eigenvalue weighted by molar-refractivity contribution is 0.0209. The van der Waals surface area contributed by atoms with Crippen LogP contribution in [0.4, 0.5) is 0 Å². The maximum Gasteiger partial charge on any atom is 0.202 e. The molecule has 3 aromatic carbocycles. The molecule has 0 radical (unpaired) electrons. The van der Waals surface area contributed by atoms with Gasteiger partial charge in [0.25, 0.3) is 0 Å². The SMILES string of the molecule is COc1ccc(COc2cc(C3Oc4cc(O)cc(O)c4C(=O)C3O)ccc2OCCO)c(C)c1. The van der Waals surface area contributed by atoms with Crippen molar-refractivity contribution in [1.82, 2.24) is 0 Å². The second-order valence-corrected chi connectivity index (χ2v) is 8.04. The summed E-state index contributed by atoms with van der Waals surface area (Å²) in [5, 5.41) is 39.7. The number of Topliss-reactive ketones (excluding diaryl/α,β-unsaturated/α-hetero) is 1. The number of phenols is 2. The molecule has 0 aromatic heterocycles. The Hall–Kier alpha value is -3.95. The Morgan fingerprint density at radius 1 is 1.00 bits per heavy atom. The summed E-state index contributed by atoms with van der Waals surface area (Å²) in [6.07, 6.45) is -2.72. The van der Waals surface area contributed by atoms with Crippen LogP contribution >= 0.6 is 0 Å². The van der Waals surface area contributed by atoms with Crippen LogP contribution in [0.5, 0.6) is 34.5 Å². The van der Waals surface area contributed by atoms with E-state index in [1.807, 2.05) is 25.1 Å². The fourth-order valence-electron chi connectivity index (χ4n) is 3.87. The topological polar surface area (TPSA) is 135 Å². The molecule has 0 saturated heterocycles. The summed E-state index contributed by atoms with van der Waals surface area (Å²) in [6.45, 7) is 1.99. The van der Waals surface area contributed by atoms with E-state index in [9.17, 15) is 20.1 Å². The van der Waals surface area contributed by atoms with Crippen LogP contribution in [0.2, 0.25) is 0 Å². The molecule has 0 aliphatic carbocycles. The quantitative estimate of drug-likeness (QED) is 0.382. The minimum absolute atomic E-state index is 0.0419. The zero-order valence-electron chi connectivity index (χ0n) is 19.2. The summed E-state index contributed by atoms with van der Waals surface area (Å²) in [5.74, 6) is -0.124. The lowest BCUT2D eigenvalue weighted by Gasteiger charge is -2.30. The first-order valence-corrected chi connectivity index (χ1v) is 10.9. The van der Waals surface area contributed by atoms with Crippen LogP contribution in [-0.2, 0) is 6.61 Å². The van der Waals surface area contributed by atoms with E-state index < -0.39 is 23.7 Å². The smallest absolute Gasteiger partial charge is 0.202 e. The summed E-state index contributed by atoms with van der Waals surface area (Å²) >= 11 is 0. The van der Waals surface area contributed by atoms with Gasteiger partial charge in [0.1, 0.15) is 41.8 Å². The van der Waals surface area contributed by atoms with Crippen molar-refractivity contribution in [1.29, 1.82) is 0 Å². The maximum atomic E-state index is 12.8. The molecule has 0 saturated carbocycles. The number of carbonyl (C=O) groups excluding carboxylic acids is 1. The number of ketones is 1. The van der Waals surface area contributed by atoms with Gasteiger partial charge in [-0.2, -0.15) is 0 Å². The predicted octanol–water partition coefficient (Wildman–Crippen LogP) is 3.04. The molecule has 4 rings (SSSR count). The maximum absolute atomic E-state index is 12.8. The van der Waals surface area contributed by atoms with E-state index in [4.69, 9.17) is 24.1 Å². The number of aliphatic hydroxyl groups excluding tert-OH is 2. The number of hydrogen-bond acceptors (Lipinski definition) is 9. The Bertz CT molecular complexity index is 1240. The van der Waals surface area contributed by atoms with Crippen LogP contribution in [0.25, 0.3) is 0 Å². The van der Waals surface area contributed by atoms with Gasteiger partial charge in [-0.3, -0.25) is 4.79 Å². The molecular weight excluding hydrogens is 456 g/mol. The second-order valence-electron chi connectivity index (χ2n) is 8.04. The number of aliphatic hydroxyl groups is 2. The second kappa shape index (κ2) is 10.1. The lowest BCUT2D eigenvalue weighted by Crippen LogP contribution is -2.36. The standard InChI is InChI=1S/C26H26O9/c1-14-9-18(32-2)5-3-16(14)13-34-21-10-15(4-6-20(21)33-8-7-27)26-25(31)24(30)23-19(29)11-17(28)12-22(23)35-26/h3-6,9-12,25-29,31H,7-8,13H2,1-2H3. The summed E-state index contributed by atoms with van der Waals surface area (Å²) < 4.78 is 22.7. The van der Waals surface area contributed by atoms with Crippen molar-refractivity contribution in [2.75, 3.05) is 20.3 Å². The molecule has 0 bridgehead atoms. The molecule has 9 heteroatoms. The number of carbonyl (C=O) groups is 1. The number of hydrogen-bond donors (Lipinski definition) is 4. The summed E-state index contributed by atoms with van der Waals surface area (Å²) in [6, 6.07) is 12.6. The number of phenolic OH excluding ortho intramolecular Hbond substituents is 2. The zero-order valence-corrected chi connectivity index (χ0v) is 19.2. The van der Waals surface area contributed by atoms with Crippen LogP contribution in [0.3, 0.4) is 0 Å². The molecule has 2 atom stereocenters. The lowest BCUT2D eigenvalue weighted by atomic mass is 9.92. The van der Waals surface area contributed by atoms with Crippen molar-refractivity contribution in [3.8, 4) is 34.5 Å². The summed E-state index contributed by atoms with van der Waals surface area (Å²) in [4.78, 5) is 12.8. The van der Waals surface area contributed by atoms with E-state index in [1.54, 1.807) is 25.3 Å². The first kappa shape index (κ1) is 24.2. The molecule has 9 nitrogen and oxygen atoms in total. The van der Waals surface area contributed by atoms with Gasteiger partial charge in [0.2, 0.25) is 5.78 Å². The van der Waals surface area contributed by atoms with Crippen molar-refractivity contribution in [2.24, 2.45) is 0 Å². The average molecular weight is 482 g/mol. The highest BCUT2D eigenvalue weighted by molar-refractivity contribution is 6.05. The minimum Gasteiger partial charge on any atom is -0.508 e. The number of aromatic hydroxyl groups is 2. The fourth-order valence-corrected chi connectivity index (χ4v) is 3.87. The fraction of sp³-hybridized carbons (Fsp3) is 0.269. The number of methoxy groups -OCH3 is 1. The van der Waals surface area contributed by atoms with E-state index >= 15 is 0 Å². The number of benzene rings is 3. The van der Waals surface area contributed by atoms with Crippen molar-refractivity contribution >= 4 is 5.78 Å². The minimum atomic E-state index is -1.60. The molecule has 4 N–H and O–H groups in total. The first-order valence-electron chi connectivity index (χ1n) is 10.9. The van der Waals surface area contributed by atoms with Gasteiger partial charge >= 0.3 is 0 Å². The third kappa shape index (κ3) is 4.96. The van der Waals surface area contributed by atoms with Crippen LogP contribution in [0.15, 0.2) is 48.5 Å². The number of ether oxygens (including phenoxy) is 4. The Morgan fingerprint density at radius 2 is 1.80 bits per heavy atom. The number of fused-ring (bicyclic) bond motifs is 1. The van der Waals surface area contributed by atoms with Gasteiger partial charge in [-0.25, -0.2) is 0 Å². The number of rotatable bonds is 8. The molecule has 2 unspecified atom stereocenters. The van der Waals surface area contributed by atoms with Crippen molar-refractivity contribution < 1.29 is 44.2 Å². The zero-order chi connectivity index (χ0) is 25.1. The van der Waals surface area contributed by atoms with Gasteiger partial charge < -0.3 is 39.4 Å². The largest absolute Gasteiger partial charge is 0.508 e. The van der Waals surface area contributed by atoms with E-state index in [2.05, 4.69) is 0 Å². The molecule has 0 amide bonds. The molecule has 3 aromatic rings. The van der Waals surface area contributed by atoms with Gasteiger partial charge in [-0.05, 0) is 47.9 Å². The van der Waals surface area contributed by atoms with E-state index in [0.717, 1.165) is 22.9 Å². The molecule has 1 aliphatic rings. The van der Waals surface area contributed by atoms with E-state index in [1.165, 1.54) is 6.07 Å². The Balaban J connectivity index is 1.65. The highest BCUT2D eigenvalue weighted by Gasteiger charge is 2.39. The highest BCUT2D eigenvalue weighted by atomic mass is 16.5. The molecule has 184 valence electrons. The van der Waals surface area contributed by atoms with E-state index in [-0.39, 0.29) is 36.9 Å². The predicted molar refractivity (Wildman–Crippen MR) is 125 cm³/mol. The highest BCUT2D eigenvalue weighted by Crippen LogP contribution is 2.43. The average Bonchev–Trinajstić information content (AvgIpc) is 2.84.